The highest BCUT2D eigenvalue weighted by Crippen LogP contribution is 2.09. The third-order valence-corrected chi connectivity index (χ3v) is 3.10. The van der Waals surface area contributed by atoms with Crippen molar-refractivity contribution in [2.75, 3.05) is 7.05 Å². The third kappa shape index (κ3) is 4.22. The van der Waals surface area contributed by atoms with Gasteiger partial charge in [-0.2, -0.15) is 0 Å². The second kappa shape index (κ2) is 6.88. The molecule has 0 saturated carbocycles. The zero-order chi connectivity index (χ0) is 15.3. The molecule has 0 spiro atoms. The average molecular weight is 279 g/mol. The standard InChI is InChI=1S/C14H21N3O3/c1-9(2)12(13(18)19)16-14(20)17(4)8-11-5-6-15-7-10(11)3/h5-7,9,12H,8H2,1-4H3,(H,16,20)(H,18,19)/t12-/m1/s1. The third-order valence-electron chi connectivity index (χ3n) is 3.10. The van der Waals surface area contributed by atoms with Gasteiger partial charge in [0.1, 0.15) is 6.04 Å². The Labute approximate surface area is 118 Å². The maximum absolute atomic E-state index is 12.0. The predicted molar refractivity (Wildman–Crippen MR) is 75.2 cm³/mol. The number of pyridine rings is 1. The molecular formula is C14H21N3O3. The average Bonchev–Trinajstić information content (AvgIpc) is 2.37. The van der Waals surface area contributed by atoms with Gasteiger partial charge >= 0.3 is 12.0 Å². The molecule has 1 aromatic rings. The van der Waals surface area contributed by atoms with E-state index in [1.165, 1.54) is 4.90 Å². The first-order chi connectivity index (χ1) is 9.32. The molecule has 0 bridgehead atoms. The van der Waals surface area contributed by atoms with Crippen LogP contribution in [0, 0.1) is 12.8 Å². The van der Waals surface area contributed by atoms with Gasteiger partial charge in [0.05, 0.1) is 0 Å². The van der Waals surface area contributed by atoms with E-state index in [0.29, 0.717) is 6.54 Å². The Hall–Kier alpha value is -2.11. The normalized spacial score (nSPS) is 12.1. The van der Waals surface area contributed by atoms with Crippen LogP contribution in [-0.2, 0) is 11.3 Å². The van der Waals surface area contributed by atoms with Crippen LogP contribution in [0.2, 0.25) is 0 Å². The Morgan fingerprint density at radius 2 is 2.10 bits per heavy atom. The molecule has 2 N–H and O–H groups in total. The van der Waals surface area contributed by atoms with Gasteiger partial charge in [-0.3, -0.25) is 4.98 Å². The number of hydrogen-bond acceptors (Lipinski definition) is 3. The van der Waals surface area contributed by atoms with E-state index in [9.17, 15) is 9.59 Å². The topological polar surface area (TPSA) is 82.5 Å². The number of urea groups is 1. The molecule has 0 aliphatic rings. The summed E-state index contributed by atoms with van der Waals surface area (Å²) < 4.78 is 0. The van der Waals surface area contributed by atoms with Gasteiger partial charge in [-0.25, -0.2) is 9.59 Å². The van der Waals surface area contributed by atoms with Crippen molar-refractivity contribution in [2.45, 2.75) is 33.4 Å². The summed E-state index contributed by atoms with van der Waals surface area (Å²) in [4.78, 5) is 28.5. The molecule has 0 saturated heterocycles. The van der Waals surface area contributed by atoms with Gasteiger partial charge in [0.15, 0.2) is 0 Å². The van der Waals surface area contributed by atoms with E-state index in [4.69, 9.17) is 5.11 Å². The molecule has 0 radical (unpaired) electrons. The maximum Gasteiger partial charge on any atom is 0.326 e. The summed E-state index contributed by atoms with van der Waals surface area (Å²) in [5, 5.41) is 11.6. The van der Waals surface area contributed by atoms with Gasteiger partial charge in [-0.1, -0.05) is 13.8 Å². The van der Waals surface area contributed by atoms with Crippen molar-refractivity contribution in [3.8, 4) is 0 Å². The van der Waals surface area contributed by atoms with Crippen molar-refractivity contribution >= 4 is 12.0 Å². The van der Waals surface area contributed by atoms with Crippen LogP contribution >= 0.6 is 0 Å². The van der Waals surface area contributed by atoms with E-state index in [-0.39, 0.29) is 5.92 Å². The summed E-state index contributed by atoms with van der Waals surface area (Å²) in [5.74, 6) is -1.20. The zero-order valence-corrected chi connectivity index (χ0v) is 12.3. The first-order valence-electron chi connectivity index (χ1n) is 6.46. The molecule has 0 aliphatic heterocycles. The van der Waals surface area contributed by atoms with Crippen molar-refractivity contribution < 1.29 is 14.7 Å². The van der Waals surface area contributed by atoms with Gasteiger partial charge in [0.25, 0.3) is 0 Å². The molecule has 6 heteroatoms. The van der Waals surface area contributed by atoms with Crippen LogP contribution < -0.4 is 5.32 Å². The lowest BCUT2D eigenvalue weighted by Crippen LogP contribution is -2.48. The number of carbonyl (C=O) groups is 2. The quantitative estimate of drug-likeness (QED) is 0.858. The van der Waals surface area contributed by atoms with Crippen molar-refractivity contribution in [1.29, 1.82) is 0 Å². The smallest absolute Gasteiger partial charge is 0.326 e. The Balaban J connectivity index is 2.68. The number of amides is 2. The fourth-order valence-corrected chi connectivity index (χ4v) is 1.76. The number of nitrogens with one attached hydrogen (secondary N) is 1. The number of nitrogens with zero attached hydrogens (tertiary/aromatic N) is 2. The van der Waals surface area contributed by atoms with E-state index in [1.807, 2.05) is 13.0 Å². The van der Waals surface area contributed by atoms with Crippen LogP contribution in [0.5, 0.6) is 0 Å². The highest BCUT2D eigenvalue weighted by atomic mass is 16.4. The molecule has 2 amide bonds. The molecule has 20 heavy (non-hydrogen) atoms. The van der Waals surface area contributed by atoms with Crippen LogP contribution in [0.15, 0.2) is 18.5 Å². The van der Waals surface area contributed by atoms with E-state index in [2.05, 4.69) is 10.3 Å². The number of rotatable bonds is 5. The first-order valence-corrected chi connectivity index (χ1v) is 6.46. The summed E-state index contributed by atoms with van der Waals surface area (Å²) in [6, 6.07) is 0.557. The van der Waals surface area contributed by atoms with E-state index in [1.54, 1.807) is 33.3 Å². The second-order valence-corrected chi connectivity index (χ2v) is 5.17. The number of carboxylic acids is 1. The number of aliphatic carboxylic acids is 1. The molecule has 1 aromatic heterocycles. The lowest BCUT2D eigenvalue weighted by molar-refractivity contribution is -0.140. The summed E-state index contributed by atoms with van der Waals surface area (Å²) in [5.41, 5.74) is 1.97. The highest BCUT2D eigenvalue weighted by Gasteiger charge is 2.24. The Morgan fingerprint density at radius 1 is 1.45 bits per heavy atom. The SMILES string of the molecule is Cc1cnccc1CN(C)C(=O)N[C@@H](C(=O)O)C(C)C. The number of carboxylic acid groups (broad SMARTS) is 1. The highest BCUT2D eigenvalue weighted by molar-refractivity contribution is 5.82. The monoisotopic (exact) mass is 279 g/mol. The van der Waals surface area contributed by atoms with Gasteiger partial charge in [-0.15, -0.1) is 0 Å². The number of aryl methyl sites for hydroxylation is 1. The van der Waals surface area contributed by atoms with Crippen LogP contribution in [0.1, 0.15) is 25.0 Å². The molecule has 0 unspecified atom stereocenters. The molecule has 0 fully saturated rings. The number of aromatic nitrogens is 1. The van der Waals surface area contributed by atoms with E-state index >= 15 is 0 Å². The maximum atomic E-state index is 12.0. The molecule has 1 rings (SSSR count). The van der Waals surface area contributed by atoms with Crippen LogP contribution in [0.25, 0.3) is 0 Å². The molecular weight excluding hydrogens is 258 g/mol. The van der Waals surface area contributed by atoms with Crippen molar-refractivity contribution in [3.63, 3.8) is 0 Å². The first kappa shape index (κ1) is 15.9. The van der Waals surface area contributed by atoms with Crippen molar-refractivity contribution in [1.82, 2.24) is 15.2 Å². The lowest BCUT2D eigenvalue weighted by Gasteiger charge is -2.23. The van der Waals surface area contributed by atoms with Crippen LogP contribution in [0.3, 0.4) is 0 Å². The minimum absolute atomic E-state index is 0.174. The van der Waals surface area contributed by atoms with Gasteiger partial charge in [-0.05, 0) is 30.0 Å². The molecule has 0 aromatic carbocycles. The fourth-order valence-electron chi connectivity index (χ4n) is 1.76. The fraction of sp³-hybridized carbons (Fsp3) is 0.500. The summed E-state index contributed by atoms with van der Waals surface area (Å²) in [6.45, 7) is 5.84. The van der Waals surface area contributed by atoms with Crippen LogP contribution in [0.4, 0.5) is 4.79 Å². The number of hydrogen-bond donors (Lipinski definition) is 2. The van der Waals surface area contributed by atoms with Gasteiger partial charge in [0.2, 0.25) is 0 Å². The molecule has 1 heterocycles. The van der Waals surface area contributed by atoms with E-state index in [0.717, 1.165) is 11.1 Å². The zero-order valence-electron chi connectivity index (χ0n) is 12.3. The van der Waals surface area contributed by atoms with Crippen molar-refractivity contribution in [2.24, 2.45) is 5.92 Å². The molecule has 1 atom stereocenters. The number of carbonyl (C=O) groups excluding carboxylic acids is 1. The van der Waals surface area contributed by atoms with Gasteiger partial charge < -0.3 is 15.3 Å². The molecule has 110 valence electrons. The lowest BCUT2D eigenvalue weighted by atomic mass is 10.1. The summed E-state index contributed by atoms with van der Waals surface area (Å²) >= 11 is 0. The minimum atomic E-state index is -1.03. The van der Waals surface area contributed by atoms with Gasteiger partial charge in [0, 0.05) is 26.0 Å². The predicted octanol–water partition coefficient (Wildman–Crippen LogP) is 1.64. The largest absolute Gasteiger partial charge is 0.480 e. The minimum Gasteiger partial charge on any atom is -0.480 e. The molecule has 0 aliphatic carbocycles. The Morgan fingerprint density at radius 3 is 2.60 bits per heavy atom. The van der Waals surface area contributed by atoms with Crippen LogP contribution in [-0.4, -0.2) is 40.1 Å². The molecule has 6 nitrogen and oxygen atoms in total. The Kier molecular flexibility index (Phi) is 5.49. The summed E-state index contributed by atoms with van der Waals surface area (Å²) in [6.07, 6.45) is 3.40. The van der Waals surface area contributed by atoms with E-state index < -0.39 is 18.0 Å². The summed E-state index contributed by atoms with van der Waals surface area (Å²) in [7, 11) is 1.63. The van der Waals surface area contributed by atoms with Crippen molar-refractivity contribution in [3.05, 3.63) is 29.6 Å². The Bertz CT molecular complexity index is 488. The second-order valence-electron chi connectivity index (χ2n) is 5.17.